The average Bonchev–Trinajstić information content (AvgIpc) is 3.24. The van der Waals surface area contributed by atoms with Crippen LogP contribution in [0.4, 0.5) is 0 Å². The average molecular weight is 531 g/mol. The number of imidazole rings is 1. The maximum atomic E-state index is 6.14. The fourth-order valence-electron chi connectivity index (χ4n) is 3.83. The van der Waals surface area contributed by atoms with Crippen LogP contribution < -0.4 is 15.4 Å². The Morgan fingerprint density at radius 3 is 2.61 bits per heavy atom. The SMILES string of the molecule is CN=C(NCc1ccc(Cn2ccnc2)cc1)NC1CC(C)(C)Oc2ccccc21.I. The first-order chi connectivity index (χ1) is 14.5. The summed E-state index contributed by atoms with van der Waals surface area (Å²) in [4.78, 5) is 8.52. The van der Waals surface area contributed by atoms with Gasteiger partial charge in [0.2, 0.25) is 0 Å². The summed E-state index contributed by atoms with van der Waals surface area (Å²) in [5.74, 6) is 1.73. The molecule has 1 unspecified atom stereocenters. The van der Waals surface area contributed by atoms with Crippen molar-refractivity contribution in [3.05, 3.63) is 83.9 Å². The Bertz CT molecular complexity index is 999. The van der Waals surface area contributed by atoms with E-state index in [1.54, 1.807) is 13.2 Å². The molecule has 3 aromatic rings. The minimum Gasteiger partial charge on any atom is -0.487 e. The molecule has 31 heavy (non-hydrogen) atoms. The Morgan fingerprint density at radius 1 is 1.16 bits per heavy atom. The largest absolute Gasteiger partial charge is 0.487 e. The van der Waals surface area contributed by atoms with Crippen molar-refractivity contribution < 1.29 is 4.74 Å². The lowest BCUT2D eigenvalue weighted by molar-refractivity contribution is 0.0694. The van der Waals surface area contributed by atoms with E-state index >= 15 is 0 Å². The molecule has 1 atom stereocenters. The van der Waals surface area contributed by atoms with Crippen LogP contribution in [0.5, 0.6) is 5.75 Å². The predicted molar refractivity (Wildman–Crippen MR) is 135 cm³/mol. The molecule has 0 spiro atoms. The van der Waals surface area contributed by atoms with Gasteiger partial charge in [-0.1, -0.05) is 42.5 Å². The van der Waals surface area contributed by atoms with E-state index in [1.165, 1.54) is 16.7 Å². The Labute approximate surface area is 201 Å². The number of nitrogens with zero attached hydrogens (tertiary/aromatic N) is 3. The number of hydrogen-bond donors (Lipinski definition) is 2. The van der Waals surface area contributed by atoms with Gasteiger partial charge in [0.05, 0.1) is 12.4 Å². The molecule has 1 aliphatic rings. The third kappa shape index (κ3) is 6.00. The number of aromatic nitrogens is 2. The number of rotatable bonds is 5. The van der Waals surface area contributed by atoms with Crippen molar-refractivity contribution in [1.29, 1.82) is 0 Å². The van der Waals surface area contributed by atoms with Gasteiger partial charge in [-0.2, -0.15) is 0 Å². The second-order valence-electron chi connectivity index (χ2n) is 8.28. The van der Waals surface area contributed by atoms with E-state index in [2.05, 4.69) is 75.4 Å². The van der Waals surface area contributed by atoms with Crippen LogP contribution in [0.1, 0.15) is 43.0 Å². The summed E-state index contributed by atoms with van der Waals surface area (Å²) in [6.07, 6.45) is 6.48. The highest BCUT2D eigenvalue weighted by atomic mass is 127. The molecule has 0 fully saturated rings. The normalized spacial score (nSPS) is 17.1. The molecule has 0 amide bonds. The molecule has 0 saturated heterocycles. The van der Waals surface area contributed by atoms with Crippen molar-refractivity contribution in [3.63, 3.8) is 0 Å². The monoisotopic (exact) mass is 531 g/mol. The number of benzene rings is 2. The number of nitrogens with one attached hydrogen (secondary N) is 2. The third-order valence-electron chi connectivity index (χ3n) is 5.32. The van der Waals surface area contributed by atoms with Crippen molar-refractivity contribution in [2.24, 2.45) is 4.99 Å². The van der Waals surface area contributed by atoms with Crippen LogP contribution >= 0.6 is 24.0 Å². The molecular weight excluding hydrogens is 501 g/mol. The molecule has 2 heterocycles. The van der Waals surface area contributed by atoms with E-state index in [0.29, 0.717) is 6.54 Å². The van der Waals surface area contributed by atoms with Gasteiger partial charge in [0.15, 0.2) is 5.96 Å². The van der Waals surface area contributed by atoms with Crippen molar-refractivity contribution in [3.8, 4) is 5.75 Å². The van der Waals surface area contributed by atoms with Gasteiger partial charge in [0.25, 0.3) is 0 Å². The molecule has 0 saturated carbocycles. The van der Waals surface area contributed by atoms with Crippen LogP contribution in [-0.4, -0.2) is 28.2 Å². The maximum Gasteiger partial charge on any atom is 0.191 e. The Balaban J connectivity index is 0.00000272. The van der Waals surface area contributed by atoms with Gasteiger partial charge in [-0.05, 0) is 31.0 Å². The lowest BCUT2D eigenvalue weighted by atomic mass is 9.90. The summed E-state index contributed by atoms with van der Waals surface area (Å²) < 4.78 is 8.20. The zero-order valence-electron chi connectivity index (χ0n) is 18.2. The number of ether oxygens (including phenoxy) is 1. The number of hydrogen-bond acceptors (Lipinski definition) is 3. The van der Waals surface area contributed by atoms with E-state index in [0.717, 1.165) is 24.7 Å². The van der Waals surface area contributed by atoms with E-state index in [9.17, 15) is 0 Å². The molecule has 4 rings (SSSR count). The molecular formula is C24H30IN5O. The Kier molecular flexibility index (Phi) is 7.59. The smallest absolute Gasteiger partial charge is 0.191 e. The fourth-order valence-corrected chi connectivity index (χ4v) is 3.83. The zero-order valence-corrected chi connectivity index (χ0v) is 20.5. The standard InChI is InChI=1S/C24H29N5O.HI/c1-24(2)14-21(20-6-4-5-7-22(20)30-24)28-23(25-3)27-15-18-8-10-19(11-9-18)16-29-13-12-26-17-29;/h4-13,17,21H,14-16H2,1-3H3,(H2,25,27,28);1H. The van der Waals surface area contributed by atoms with Crippen LogP contribution in [0.15, 0.2) is 72.2 Å². The minimum absolute atomic E-state index is 0. The number of aliphatic imine (C=N–C) groups is 1. The van der Waals surface area contributed by atoms with Gasteiger partial charge in [0.1, 0.15) is 11.4 Å². The van der Waals surface area contributed by atoms with E-state index in [1.807, 2.05) is 24.7 Å². The van der Waals surface area contributed by atoms with Crippen LogP contribution in [0.25, 0.3) is 0 Å². The predicted octanol–water partition coefficient (Wildman–Crippen LogP) is 4.52. The van der Waals surface area contributed by atoms with E-state index < -0.39 is 0 Å². The first-order valence-corrected chi connectivity index (χ1v) is 10.3. The first-order valence-electron chi connectivity index (χ1n) is 10.3. The molecule has 1 aliphatic heterocycles. The molecule has 0 aliphatic carbocycles. The summed E-state index contributed by atoms with van der Waals surface area (Å²) in [5.41, 5.74) is 3.40. The van der Waals surface area contributed by atoms with E-state index in [-0.39, 0.29) is 35.6 Å². The van der Waals surface area contributed by atoms with Crippen molar-refractivity contribution in [2.45, 2.75) is 45.0 Å². The summed E-state index contributed by atoms with van der Waals surface area (Å²) >= 11 is 0. The minimum atomic E-state index is -0.226. The van der Waals surface area contributed by atoms with Crippen molar-refractivity contribution >= 4 is 29.9 Å². The molecule has 6 nitrogen and oxygen atoms in total. The highest BCUT2D eigenvalue weighted by Gasteiger charge is 2.33. The van der Waals surface area contributed by atoms with Gasteiger partial charge in [-0.3, -0.25) is 4.99 Å². The zero-order chi connectivity index (χ0) is 21.0. The number of fused-ring (bicyclic) bond motifs is 1. The Morgan fingerprint density at radius 2 is 1.90 bits per heavy atom. The number of para-hydroxylation sites is 1. The lowest BCUT2D eigenvalue weighted by Gasteiger charge is -2.38. The van der Waals surface area contributed by atoms with Crippen LogP contribution in [0.2, 0.25) is 0 Å². The van der Waals surface area contributed by atoms with Gasteiger partial charge >= 0.3 is 0 Å². The quantitative estimate of drug-likeness (QED) is 0.289. The Hall–Kier alpha value is -2.55. The molecule has 2 N–H and O–H groups in total. The maximum absolute atomic E-state index is 6.14. The third-order valence-corrected chi connectivity index (χ3v) is 5.32. The summed E-state index contributed by atoms with van der Waals surface area (Å²) in [6, 6.07) is 17.0. The number of guanidine groups is 1. The molecule has 7 heteroatoms. The first kappa shape index (κ1) is 23.1. The van der Waals surface area contributed by atoms with Gasteiger partial charge in [-0.25, -0.2) is 4.98 Å². The second-order valence-corrected chi connectivity index (χ2v) is 8.28. The molecule has 0 bridgehead atoms. The van der Waals surface area contributed by atoms with E-state index in [4.69, 9.17) is 4.74 Å². The molecule has 2 aromatic carbocycles. The van der Waals surface area contributed by atoms with Crippen molar-refractivity contribution in [2.75, 3.05) is 7.05 Å². The van der Waals surface area contributed by atoms with Crippen LogP contribution in [0, 0.1) is 0 Å². The topological polar surface area (TPSA) is 63.5 Å². The summed E-state index contributed by atoms with van der Waals surface area (Å²) in [7, 11) is 1.81. The summed E-state index contributed by atoms with van der Waals surface area (Å²) in [5, 5.41) is 7.02. The lowest BCUT2D eigenvalue weighted by Crippen LogP contribution is -2.45. The van der Waals surface area contributed by atoms with Crippen LogP contribution in [0.3, 0.4) is 0 Å². The van der Waals surface area contributed by atoms with Gasteiger partial charge < -0.3 is 19.9 Å². The fraction of sp³-hybridized carbons (Fsp3) is 0.333. The highest BCUT2D eigenvalue weighted by molar-refractivity contribution is 14.0. The van der Waals surface area contributed by atoms with Crippen LogP contribution in [-0.2, 0) is 13.1 Å². The second kappa shape index (κ2) is 10.2. The highest BCUT2D eigenvalue weighted by Crippen LogP contribution is 2.39. The molecule has 0 radical (unpaired) electrons. The number of halogens is 1. The van der Waals surface area contributed by atoms with Gasteiger partial charge in [0, 0.05) is 44.5 Å². The molecule has 1 aromatic heterocycles. The molecule has 164 valence electrons. The van der Waals surface area contributed by atoms with Gasteiger partial charge in [-0.15, -0.1) is 24.0 Å². The van der Waals surface area contributed by atoms with Crippen molar-refractivity contribution in [1.82, 2.24) is 20.2 Å². The summed E-state index contributed by atoms with van der Waals surface area (Å²) in [6.45, 7) is 5.79.